The fraction of sp³-hybridized carbons (Fsp3) is 0.136. The summed E-state index contributed by atoms with van der Waals surface area (Å²) in [5.41, 5.74) is 2.21. The average Bonchev–Trinajstić information content (AvgIpc) is 3.44. The highest BCUT2D eigenvalue weighted by atomic mass is 35.5. The van der Waals surface area contributed by atoms with Gasteiger partial charge < -0.3 is 9.73 Å². The molecule has 3 heterocycles. The molecule has 4 aromatic rings. The lowest BCUT2D eigenvalue weighted by molar-refractivity contribution is -0.124. The maximum atomic E-state index is 13.3. The number of para-hydroxylation sites is 2. The molecule has 1 atom stereocenters. The third-order valence-electron chi connectivity index (χ3n) is 5.08. The zero-order valence-electron chi connectivity index (χ0n) is 15.8. The summed E-state index contributed by atoms with van der Waals surface area (Å²) in [5, 5.41) is 3.41. The molecule has 0 radical (unpaired) electrons. The molecule has 2 aromatic heterocycles. The first kappa shape index (κ1) is 18.4. The van der Waals surface area contributed by atoms with Crippen LogP contribution >= 0.6 is 11.6 Å². The van der Waals surface area contributed by atoms with Gasteiger partial charge in [-0.3, -0.25) is 19.1 Å². The highest BCUT2D eigenvalue weighted by Crippen LogP contribution is 2.37. The van der Waals surface area contributed by atoms with Gasteiger partial charge in [0.1, 0.15) is 11.8 Å². The van der Waals surface area contributed by atoms with Crippen LogP contribution in [0.3, 0.4) is 0 Å². The summed E-state index contributed by atoms with van der Waals surface area (Å²) in [6.45, 7) is 0.254. The number of nitrogens with one attached hydrogen (secondary N) is 1. The molecule has 2 amide bonds. The zero-order chi connectivity index (χ0) is 20.7. The fourth-order valence-electron chi connectivity index (χ4n) is 3.72. The molecule has 0 bridgehead atoms. The van der Waals surface area contributed by atoms with E-state index in [9.17, 15) is 9.59 Å². The smallest absolute Gasteiger partial charge is 0.253 e. The van der Waals surface area contributed by atoms with Gasteiger partial charge in [-0.15, -0.1) is 0 Å². The van der Waals surface area contributed by atoms with Crippen LogP contribution in [0.1, 0.15) is 18.2 Å². The van der Waals surface area contributed by atoms with Crippen molar-refractivity contribution in [2.45, 2.75) is 19.0 Å². The van der Waals surface area contributed by atoms with Gasteiger partial charge in [0.05, 0.1) is 30.3 Å². The summed E-state index contributed by atoms with van der Waals surface area (Å²) in [4.78, 5) is 32.2. The summed E-state index contributed by atoms with van der Waals surface area (Å²) >= 11 is 5.90. The molecule has 0 unspecified atom stereocenters. The van der Waals surface area contributed by atoms with Crippen molar-refractivity contribution in [3.8, 4) is 0 Å². The van der Waals surface area contributed by atoms with Crippen molar-refractivity contribution in [3.63, 3.8) is 0 Å². The van der Waals surface area contributed by atoms with Crippen LogP contribution in [0.5, 0.6) is 0 Å². The van der Waals surface area contributed by atoms with E-state index < -0.39 is 6.04 Å². The Kier molecular flexibility index (Phi) is 4.52. The summed E-state index contributed by atoms with van der Waals surface area (Å²) in [5.74, 6) is 0.709. The van der Waals surface area contributed by atoms with Crippen LogP contribution in [-0.2, 0) is 16.1 Å². The van der Waals surface area contributed by atoms with E-state index in [0.717, 1.165) is 11.0 Å². The summed E-state index contributed by atoms with van der Waals surface area (Å²) in [6, 6.07) is 17.3. The summed E-state index contributed by atoms with van der Waals surface area (Å²) < 4.78 is 7.25. The highest BCUT2D eigenvalue weighted by Gasteiger charge is 2.41. The van der Waals surface area contributed by atoms with Gasteiger partial charge in [0.2, 0.25) is 11.9 Å². The van der Waals surface area contributed by atoms with Crippen LogP contribution in [0.2, 0.25) is 5.02 Å². The molecular weight excluding hydrogens is 404 g/mol. The number of fused-ring (bicyclic) bond motifs is 3. The minimum atomic E-state index is -0.685. The molecule has 0 saturated carbocycles. The predicted molar refractivity (Wildman–Crippen MR) is 113 cm³/mol. The number of aromatic nitrogens is 2. The van der Waals surface area contributed by atoms with E-state index >= 15 is 0 Å². The third-order valence-corrected chi connectivity index (χ3v) is 5.33. The van der Waals surface area contributed by atoms with Crippen LogP contribution in [0.4, 0.5) is 11.6 Å². The number of rotatable bonds is 5. The second-order valence-corrected chi connectivity index (χ2v) is 7.49. The molecular formula is C22H17ClN4O3. The second-order valence-electron chi connectivity index (χ2n) is 7.05. The maximum Gasteiger partial charge on any atom is 0.253 e. The van der Waals surface area contributed by atoms with Crippen molar-refractivity contribution in [3.05, 3.63) is 77.7 Å². The molecule has 150 valence electrons. The van der Waals surface area contributed by atoms with Crippen molar-refractivity contribution >= 4 is 46.1 Å². The fourth-order valence-corrected chi connectivity index (χ4v) is 3.85. The number of anilines is 2. The first-order chi connectivity index (χ1) is 14.6. The topological polar surface area (TPSA) is 80.4 Å². The van der Waals surface area contributed by atoms with Gasteiger partial charge in [-0.2, -0.15) is 0 Å². The lowest BCUT2D eigenvalue weighted by atomic mass is 10.1. The Balaban J connectivity index is 1.46. The standard InChI is InChI=1S/C22H17ClN4O3/c23-14-7-9-15(10-8-14)24-20(28)12-19-21(29)26(13-16-4-3-11-30-16)22-25-17-5-1-2-6-18(17)27(19)22/h1-11,19H,12-13H2,(H,24,28)/t19-/m1/s1. The third kappa shape index (κ3) is 3.23. The quantitative estimate of drug-likeness (QED) is 0.519. The molecule has 1 aliphatic heterocycles. The number of imidazole rings is 1. The van der Waals surface area contributed by atoms with Crippen molar-refractivity contribution in [2.24, 2.45) is 0 Å². The Hall–Kier alpha value is -3.58. The Bertz CT molecular complexity index is 1230. The van der Waals surface area contributed by atoms with E-state index in [1.807, 2.05) is 28.8 Å². The number of carbonyl (C=O) groups is 2. The van der Waals surface area contributed by atoms with E-state index in [1.165, 1.54) is 0 Å². The summed E-state index contributed by atoms with van der Waals surface area (Å²) in [6.07, 6.45) is 1.55. The molecule has 0 spiro atoms. The Morgan fingerprint density at radius 1 is 1.10 bits per heavy atom. The lowest BCUT2D eigenvalue weighted by Crippen LogP contribution is -2.30. The molecule has 7 nitrogen and oxygen atoms in total. The Morgan fingerprint density at radius 2 is 1.90 bits per heavy atom. The van der Waals surface area contributed by atoms with E-state index in [4.69, 9.17) is 16.0 Å². The van der Waals surface area contributed by atoms with Gasteiger partial charge in [-0.05, 0) is 48.5 Å². The lowest BCUT2D eigenvalue weighted by Gasteiger charge is -2.15. The SMILES string of the molecule is O=C(C[C@@H]1C(=O)N(Cc2ccco2)c2nc3ccccc3n21)Nc1ccc(Cl)cc1. The van der Waals surface area contributed by atoms with E-state index in [0.29, 0.717) is 22.4 Å². The maximum absolute atomic E-state index is 13.3. The zero-order valence-corrected chi connectivity index (χ0v) is 16.5. The minimum Gasteiger partial charge on any atom is -0.467 e. The monoisotopic (exact) mass is 420 g/mol. The van der Waals surface area contributed by atoms with Crippen LogP contribution in [-0.4, -0.2) is 21.4 Å². The minimum absolute atomic E-state index is 0.0104. The van der Waals surface area contributed by atoms with Crippen molar-refractivity contribution < 1.29 is 14.0 Å². The van der Waals surface area contributed by atoms with E-state index in [-0.39, 0.29) is 24.8 Å². The molecule has 1 aliphatic rings. The van der Waals surface area contributed by atoms with Gasteiger partial charge >= 0.3 is 0 Å². The molecule has 0 saturated heterocycles. The average molecular weight is 421 g/mol. The molecule has 5 rings (SSSR count). The number of furan rings is 1. The van der Waals surface area contributed by atoms with Gasteiger partial charge in [0.15, 0.2) is 0 Å². The van der Waals surface area contributed by atoms with Crippen LogP contribution in [0.25, 0.3) is 11.0 Å². The molecule has 2 aromatic carbocycles. The summed E-state index contributed by atoms with van der Waals surface area (Å²) in [7, 11) is 0. The first-order valence-electron chi connectivity index (χ1n) is 9.46. The number of benzene rings is 2. The molecule has 0 aliphatic carbocycles. The van der Waals surface area contributed by atoms with Crippen LogP contribution < -0.4 is 10.2 Å². The van der Waals surface area contributed by atoms with Gasteiger partial charge in [0, 0.05) is 10.7 Å². The number of halogens is 1. The van der Waals surface area contributed by atoms with Crippen LogP contribution in [0, 0.1) is 0 Å². The number of carbonyl (C=O) groups excluding carboxylic acids is 2. The van der Waals surface area contributed by atoms with Gasteiger partial charge in [0.25, 0.3) is 5.91 Å². The van der Waals surface area contributed by atoms with E-state index in [2.05, 4.69) is 10.3 Å². The largest absolute Gasteiger partial charge is 0.467 e. The number of amides is 2. The number of nitrogens with zero attached hydrogens (tertiary/aromatic N) is 3. The van der Waals surface area contributed by atoms with E-state index in [1.54, 1.807) is 47.6 Å². The van der Waals surface area contributed by atoms with Crippen LogP contribution in [0.15, 0.2) is 71.3 Å². The predicted octanol–water partition coefficient (Wildman–Crippen LogP) is 4.40. The van der Waals surface area contributed by atoms with Crippen molar-refractivity contribution in [1.82, 2.24) is 9.55 Å². The Labute approximate surface area is 176 Å². The Morgan fingerprint density at radius 3 is 2.67 bits per heavy atom. The highest BCUT2D eigenvalue weighted by molar-refractivity contribution is 6.30. The normalized spacial score (nSPS) is 15.6. The van der Waals surface area contributed by atoms with Crippen molar-refractivity contribution in [1.29, 1.82) is 0 Å². The number of hydrogen-bond donors (Lipinski definition) is 1. The second kappa shape index (κ2) is 7.35. The first-order valence-corrected chi connectivity index (χ1v) is 9.84. The van der Waals surface area contributed by atoms with Crippen molar-refractivity contribution in [2.75, 3.05) is 10.2 Å². The van der Waals surface area contributed by atoms with Gasteiger partial charge in [-0.1, -0.05) is 23.7 Å². The molecule has 1 N–H and O–H groups in total. The molecule has 8 heteroatoms. The van der Waals surface area contributed by atoms with Gasteiger partial charge in [-0.25, -0.2) is 4.98 Å². The molecule has 0 fully saturated rings. The molecule has 30 heavy (non-hydrogen) atoms. The number of hydrogen-bond acceptors (Lipinski definition) is 4.